The number of fused-ring (bicyclic) bond motifs is 1. The summed E-state index contributed by atoms with van der Waals surface area (Å²) in [5.74, 6) is -0.910. The van der Waals surface area contributed by atoms with E-state index in [2.05, 4.69) is 0 Å². The second kappa shape index (κ2) is 8.13. The third-order valence-corrected chi connectivity index (χ3v) is 6.30. The predicted octanol–water partition coefficient (Wildman–Crippen LogP) is 5.05. The first-order chi connectivity index (χ1) is 15.5. The van der Waals surface area contributed by atoms with Gasteiger partial charge >= 0.3 is 0 Å². The summed E-state index contributed by atoms with van der Waals surface area (Å²) < 4.78 is 5.18. The van der Waals surface area contributed by atoms with Crippen LogP contribution in [0.15, 0.2) is 72.8 Å². The minimum absolute atomic E-state index is 0.348. The lowest BCUT2D eigenvalue weighted by atomic mass is 9.90. The van der Waals surface area contributed by atoms with Crippen LogP contribution in [0.5, 0.6) is 5.75 Å². The summed E-state index contributed by atoms with van der Waals surface area (Å²) in [7, 11) is 1.55. The molecule has 8 heteroatoms. The number of amides is 2. The predicted molar refractivity (Wildman–Crippen MR) is 122 cm³/mol. The third kappa shape index (κ3) is 3.32. The summed E-state index contributed by atoms with van der Waals surface area (Å²) >= 11 is 12.6. The van der Waals surface area contributed by atoms with Gasteiger partial charge in [-0.05, 0) is 54.1 Å². The Kier molecular flexibility index (Phi) is 5.29. The monoisotopic (exact) mass is 468 g/mol. The highest BCUT2D eigenvalue weighted by molar-refractivity contribution is 6.35. The van der Waals surface area contributed by atoms with E-state index in [1.54, 1.807) is 54.6 Å². The minimum Gasteiger partial charge on any atom is -0.497 e. The number of imide groups is 1. The number of methoxy groups -OCH3 is 1. The zero-order valence-corrected chi connectivity index (χ0v) is 18.5. The second-order valence-corrected chi connectivity index (χ2v) is 8.38. The van der Waals surface area contributed by atoms with Crippen LogP contribution < -0.4 is 14.7 Å². The number of hydrogen-bond donors (Lipinski definition) is 0. The van der Waals surface area contributed by atoms with E-state index in [1.165, 1.54) is 4.90 Å². The van der Waals surface area contributed by atoms with Gasteiger partial charge in [0.15, 0.2) is 6.10 Å². The molecule has 3 atom stereocenters. The van der Waals surface area contributed by atoms with Crippen molar-refractivity contribution in [3.63, 3.8) is 0 Å². The standard InChI is InChI=1S/C24H18Cl2N2O4/c1-31-17-10-8-15(9-11-17)27-23(29)20-21(18-12-7-14(25)13-19(18)26)28(32-22(20)24(27)30)16-5-3-2-4-6-16/h2-13,20-22H,1H3/t20-,21+,22-/m1/s1. The topological polar surface area (TPSA) is 59.1 Å². The molecule has 0 radical (unpaired) electrons. The van der Waals surface area contributed by atoms with Crippen molar-refractivity contribution in [2.75, 3.05) is 17.1 Å². The van der Waals surface area contributed by atoms with E-state index >= 15 is 0 Å². The van der Waals surface area contributed by atoms with Crippen LogP contribution in [0.3, 0.4) is 0 Å². The summed E-state index contributed by atoms with van der Waals surface area (Å²) in [6, 6.07) is 20.6. The van der Waals surface area contributed by atoms with Crippen LogP contribution in [-0.2, 0) is 14.4 Å². The molecule has 32 heavy (non-hydrogen) atoms. The fraction of sp³-hybridized carbons (Fsp3) is 0.167. The maximum absolute atomic E-state index is 13.6. The molecule has 0 unspecified atom stereocenters. The third-order valence-electron chi connectivity index (χ3n) is 5.74. The molecule has 2 amide bonds. The smallest absolute Gasteiger partial charge is 0.266 e. The van der Waals surface area contributed by atoms with Crippen molar-refractivity contribution < 1.29 is 19.2 Å². The molecule has 3 aromatic rings. The van der Waals surface area contributed by atoms with Crippen molar-refractivity contribution in [2.24, 2.45) is 5.92 Å². The van der Waals surface area contributed by atoms with E-state index in [1.807, 2.05) is 30.3 Å². The fourth-order valence-electron chi connectivity index (χ4n) is 4.26. The number of carbonyl (C=O) groups is 2. The number of benzene rings is 3. The Hall–Kier alpha value is -3.06. The van der Waals surface area contributed by atoms with Crippen LogP contribution in [0.25, 0.3) is 0 Å². The molecule has 0 saturated carbocycles. The highest BCUT2D eigenvalue weighted by atomic mass is 35.5. The molecule has 2 aliphatic heterocycles. The number of hydroxylamine groups is 1. The maximum atomic E-state index is 13.6. The highest BCUT2D eigenvalue weighted by Gasteiger charge is 2.60. The normalized spacial score (nSPS) is 22.4. The van der Waals surface area contributed by atoms with Gasteiger partial charge in [0.05, 0.1) is 24.5 Å². The Morgan fingerprint density at radius 3 is 2.25 bits per heavy atom. The number of carbonyl (C=O) groups excluding carboxylic acids is 2. The van der Waals surface area contributed by atoms with Gasteiger partial charge in [0, 0.05) is 10.0 Å². The Labute approximate surface area is 194 Å². The van der Waals surface area contributed by atoms with Gasteiger partial charge in [-0.2, -0.15) is 0 Å². The van der Waals surface area contributed by atoms with Crippen LogP contribution in [0.2, 0.25) is 10.0 Å². The Morgan fingerprint density at radius 1 is 0.875 bits per heavy atom. The number of para-hydroxylation sites is 1. The zero-order chi connectivity index (χ0) is 22.4. The van der Waals surface area contributed by atoms with Gasteiger partial charge < -0.3 is 4.74 Å². The van der Waals surface area contributed by atoms with Gasteiger partial charge in [-0.1, -0.05) is 47.5 Å². The lowest BCUT2D eigenvalue weighted by molar-refractivity contribution is -0.126. The van der Waals surface area contributed by atoms with E-state index < -0.39 is 24.0 Å². The van der Waals surface area contributed by atoms with Gasteiger partial charge in [0.1, 0.15) is 11.7 Å². The summed E-state index contributed by atoms with van der Waals surface area (Å²) in [4.78, 5) is 34.2. The molecule has 0 aliphatic carbocycles. The first-order valence-corrected chi connectivity index (χ1v) is 10.7. The number of nitrogens with zero attached hydrogens (tertiary/aromatic N) is 2. The molecule has 2 aliphatic rings. The molecule has 5 rings (SSSR count). The first-order valence-electron chi connectivity index (χ1n) is 9.97. The fourth-order valence-corrected chi connectivity index (χ4v) is 4.78. The van der Waals surface area contributed by atoms with Gasteiger partial charge in [0.2, 0.25) is 5.91 Å². The average Bonchev–Trinajstić information content (AvgIpc) is 3.30. The maximum Gasteiger partial charge on any atom is 0.266 e. The van der Waals surface area contributed by atoms with Crippen molar-refractivity contribution in [3.8, 4) is 5.75 Å². The van der Waals surface area contributed by atoms with Crippen LogP contribution in [0.1, 0.15) is 11.6 Å². The van der Waals surface area contributed by atoms with Crippen LogP contribution in [0.4, 0.5) is 11.4 Å². The Morgan fingerprint density at radius 2 is 1.59 bits per heavy atom. The van der Waals surface area contributed by atoms with Crippen molar-refractivity contribution in [1.29, 1.82) is 0 Å². The average molecular weight is 469 g/mol. The van der Waals surface area contributed by atoms with Crippen LogP contribution >= 0.6 is 23.2 Å². The molecule has 2 fully saturated rings. The van der Waals surface area contributed by atoms with Crippen LogP contribution in [-0.4, -0.2) is 25.0 Å². The van der Waals surface area contributed by atoms with Crippen LogP contribution in [0, 0.1) is 5.92 Å². The van der Waals surface area contributed by atoms with E-state index in [4.69, 9.17) is 32.8 Å². The molecule has 0 aromatic heterocycles. The zero-order valence-electron chi connectivity index (χ0n) is 16.9. The number of ether oxygens (including phenoxy) is 1. The molecule has 0 bridgehead atoms. The summed E-state index contributed by atoms with van der Waals surface area (Å²) in [6.07, 6.45) is -0.971. The molecule has 0 spiro atoms. The molecule has 3 aromatic carbocycles. The second-order valence-electron chi connectivity index (χ2n) is 7.53. The molecular formula is C24H18Cl2N2O4. The quantitative estimate of drug-likeness (QED) is 0.501. The molecule has 6 nitrogen and oxygen atoms in total. The first kappa shape index (κ1) is 20.8. The van der Waals surface area contributed by atoms with Crippen molar-refractivity contribution in [3.05, 3.63) is 88.4 Å². The Bertz CT molecular complexity index is 1190. The van der Waals surface area contributed by atoms with Gasteiger partial charge in [-0.25, -0.2) is 9.96 Å². The number of hydrogen-bond acceptors (Lipinski definition) is 5. The van der Waals surface area contributed by atoms with Gasteiger partial charge in [-0.3, -0.25) is 14.4 Å². The number of halogens is 2. The van der Waals surface area contributed by atoms with Crippen molar-refractivity contribution >= 4 is 46.4 Å². The van der Waals surface area contributed by atoms with E-state index in [0.29, 0.717) is 27.0 Å². The summed E-state index contributed by atoms with van der Waals surface area (Å²) in [6.45, 7) is 0. The Balaban J connectivity index is 1.58. The number of rotatable bonds is 4. The minimum atomic E-state index is -0.971. The molecule has 0 N–H and O–H groups in total. The lowest BCUT2D eigenvalue weighted by Crippen LogP contribution is -2.37. The lowest BCUT2D eigenvalue weighted by Gasteiger charge is -2.29. The highest BCUT2D eigenvalue weighted by Crippen LogP contribution is 2.49. The molecule has 2 heterocycles. The SMILES string of the molecule is COc1ccc(N2C(=O)[C@H]3[C@@H](ON(c4ccccc4)[C@H]3c3ccc(Cl)cc3Cl)C2=O)cc1. The van der Waals surface area contributed by atoms with Crippen molar-refractivity contribution in [1.82, 2.24) is 0 Å². The molecular weight excluding hydrogens is 451 g/mol. The number of anilines is 2. The van der Waals surface area contributed by atoms with Gasteiger partial charge in [-0.15, -0.1) is 0 Å². The molecule has 162 valence electrons. The van der Waals surface area contributed by atoms with Crippen molar-refractivity contribution in [2.45, 2.75) is 12.1 Å². The molecule has 2 saturated heterocycles. The van der Waals surface area contributed by atoms with E-state index in [0.717, 1.165) is 5.69 Å². The summed E-state index contributed by atoms with van der Waals surface area (Å²) in [5.41, 5.74) is 1.84. The largest absolute Gasteiger partial charge is 0.497 e. The van der Waals surface area contributed by atoms with E-state index in [9.17, 15) is 9.59 Å². The van der Waals surface area contributed by atoms with E-state index in [-0.39, 0.29) is 5.91 Å². The summed E-state index contributed by atoms with van der Waals surface area (Å²) in [5, 5.41) is 2.48. The van der Waals surface area contributed by atoms with Gasteiger partial charge in [0.25, 0.3) is 5.91 Å².